The van der Waals surface area contributed by atoms with E-state index in [9.17, 15) is 0 Å². The van der Waals surface area contributed by atoms with E-state index in [0.29, 0.717) is 12.0 Å². The fraction of sp³-hybridized carbons (Fsp3) is 0.714. The van der Waals surface area contributed by atoms with E-state index in [0.717, 1.165) is 19.7 Å². The molecule has 2 heterocycles. The molecule has 2 heteroatoms. The van der Waals surface area contributed by atoms with Crippen LogP contribution in [0.1, 0.15) is 0 Å². The number of ether oxygens (including phenoxy) is 1. The second kappa shape index (κ2) is 2.12. The minimum absolute atomic E-state index is 0.468. The zero-order valence-electron chi connectivity index (χ0n) is 5.34. The van der Waals surface area contributed by atoms with Gasteiger partial charge in [-0.3, -0.25) is 0 Å². The molecule has 0 aliphatic carbocycles. The van der Waals surface area contributed by atoms with Gasteiger partial charge in [-0.05, 0) is 0 Å². The molecule has 50 valence electrons. The lowest BCUT2D eigenvalue weighted by molar-refractivity contribution is 0.0598. The number of hydrogen-bond acceptors (Lipinski definition) is 2. The van der Waals surface area contributed by atoms with E-state index in [-0.39, 0.29) is 0 Å². The highest BCUT2D eigenvalue weighted by Crippen LogP contribution is 2.17. The molecule has 1 N–H and O–H groups in total. The Morgan fingerprint density at radius 3 is 3.33 bits per heavy atom. The summed E-state index contributed by atoms with van der Waals surface area (Å²) >= 11 is 0. The molecule has 0 saturated carbocycles. The highest BCUT2D eigenvalue weighted by molar-refractivity contribution is 5.01. The monoisotopic (exact) mass is 125 g/mol. The van der Waals surface area contributed by atoms with Gasteiger partial charge in [-0.1, -0.05) is 12.2 Å². The normalized spacial score (nSPS) is 40.9. The highest BCUT2D eigenvalue weighted by Gasteiger charge is 2.26. The third kappa shape index (κ3) is 0.884. The van der Waals surface area contributed by atoms with Crippen LogP contribution >= 0.6 is 0 Å². The Balaban J connectivity index is 2.10. The van der Waals surface area contributed by atoms with Gasteiger partial charge >= 0.3 is 0 Å². The smallest absolute Gasteiger partial charge is 0.0778 e. The second-order valence-electron chi connectivity index (χ2n) is 2.62. The molecule has 2 atom stereocenters. The first-order chi connectivity index (χ1) is 4.47. The molecule has 0 radical (unpaired) electrons. The summed E-state index contributed by atoms with van der Waals surface area (Å²) in [5.41, 5.74) is 0. The van der Waals surface area contributed by atoms with E-state index in [1.165, 1.54) is 0 Å². The third-order valence-corrected chi connectivity index (χ3v) is 1.99. The van der Waals surface area contributed by atoms with Gasteiger partial charge in [-0.15, -0.1) is 0 Å². The van der Waals surface area contributed by atoms with Crippen LogP contribution in [0, 0.1) is 5.92 Å². The van der Waals surface area contributed by atoms with Crippen LogP contribution in [0.2, 0.25) is 0 Å². The SMILES string of the molecule is C1=C[C@H]2CNC[C@@H]2OC1. The zero-order valence-corrected chi connectivity index (χ0v) is 5.34. The number of hydrogen-bond donors (Lipinski definition) is 1. The van der Waals surface area contributed by atoms with Crippen LogP contribution < -0.4 is 5.32 Å². The van der Waals surface area contributed by atoms with Gasteiger partial charge in [-0.2, -0.15) is 0 Å². The summed E-state index contributed by atoms with van der Waals surface area (Å²) in [5.74, 6) is 0.652. The first-order valence-corrected chi connectivity index (χ1v) is 3.46. The molecule has 0 spiro atoms. The summed E-state index contributed by atoms with van der Waals surface area (Å²) in [6, 6.07) is 0. The number of rotatable bonds is 0. The average molecular weight is 125 g/mol. The van der Waals surface area contributed by atoms with Crippen molar-refractivity contribution in [3.05, 3.63) is 12.2 Å². The Labute approximate surface area is 54.9 Å². The molecule has 1 saturated heterocycles. The van der Waals surface area contributed by atoms with Crippen molar-refractivity contribution >= 4 is 0 Å². The van der Waals surface area contributed by atoms with Gasteiger partial charge in [-0.25, -0.2) is 0 Å². The first-order valence-electron chi connectivity index (χ1n) is 3.46. The summed E-state index contributed by atoms with van der Waals surface area (Å²) in [7, 11) is 0. The lowest BCUT2D eigenvalue weighted by Crippen LogP contribution is -2.24. The lowest BCUT2D eigenvalue weighted by Gasteiger charge is -2.18. The molecular weight excluding hydrogens is 114 g/mol. The van der Waals surface area contributed by atoms with Crippen molar-refractivity contribution in [2.45, 2.75) is 6.10 Å². The average Bonchev–Trinajstić information content (AvgIpc) is 2.33. The van der Waals surface area contributed by atoms with Gasteiger partial charge < -0.3 is 10.1 Å². The van der Waals surface area contributed by atoms with Crippen LogP contribution in [0.3, 0.4) is 0 Å². The molecule has 0 aromatic carbocycles. The lowest BCUT2D eigenvalue weighted by atomic mass is 10.0. The summed E-state index contributed by atoms with van der Waals surface area (Å²) in [5, 5.41) is 3.29. The molecule has 0 unspecified atom stereocenters. The quantitative estimate of drug-likeness (QED) is 0.466. The van der Waals surface area contributed by atoms with E-state index >= 15 is 0 Å². The Kier molecular flexibility index (Phi) is 1.28. The fourth-order valence-corrected chi connectivity index (χ4v) is 1.46. The Morgan fingerprint density at radius 1 is 1.44 bits per heavy atom. The van der Waals surface area contributed by atoms with Crippen LogP contribution in [0.25, 0.3) is 0 Å². The van der Waals surface area contributed by atoms with Crippen molar-refractivity contribution in [1.82, 2.24) is 5.32 Å². The third-order valence-electron chi connectivity index (χ3n) is 1.99. The van der Waals surface area contributed by atoms with E-state index in [1.54, 1.807) is 0 Å². The number of fused-ring (bicyclic) bond motifs is 1. The molecule has 2 aliphatic heterocycles. The molecule has 0 aromatic rings. The summed E-state index contributed by atoms with van der Waals surface area (Å²) in [6.45, 7) is 2.94. The Hall–Kier alpha value is -0.340. The van der Waals surface area contributed by atoms with Crippen LogP contribution in [0.15, 0.2) is 12.2 Å². The van der Waals surface area contributed by atoms with Gasteiger partial charge in [0.15, 0.2) is 0 Å². The van der Waals surface area contributed by atoms with E-state index in [1.807, 2.05) is 0 Å². The molecule has 2 aliphatic rings. The molecule has 9 heavy (non-hydrogen) atoms. The van der Waals surface area contributed by atoms with Crippen molar-refractivity contribution in [2.75, 3.05) is 19.7 Å². The highest BCUT2D eigenvalue weighted by atomic mass is 16.5. The van der Waals surface area contributed by atoms with Crippen molar-refractivity contribution in [1.29, 1.82) is 0 Å². The van der Waals surface area contributed by atoms with Gasteiger partial charge in [0.05, 0.1) is 12.7 Å². The molecule has 0 bridgehead atoms. The first kappa shape index (κ1) is 5.45. The largest absolute Gasteiger partial charge is 0.372 e. The van der Waals surface area contributed by atoms with E-state index in [2.05, 4.69) is 17.5 Å². The van der Waals surface area contributed by atoms with Crippen molar-refractivity contribution in [2.24, 2.45) is 5.92 Å². The molecule has 0 aromatic heterocycles. The summed E-state index contributed by atoms with van der Waals surface area (Å²) < 4.78 is 5.45. The topological polar surface area (TPSA) is 21.3 Å². The molecule has 2 rings (SSSR count). The summed E-state index contributed by atoms with van der Waals surface area (Å²) in [4.78, 5) is 0. The van der Waals surface area contributed by atoms with Crippen molar-refractivity contribution in [3.8, 4) is 0 Å². The fourth-order valence-electron chi connectivity index (χ4n) is 1.46. The summed E-state index contributed by atoms with van der Waals surface area (Å²) in [6.07, 6.45) is 4.83. The van der Waals surface area contributed by atoms with Crippen molar-refractivity contribution in [3.63, 3.8) is 0 Å². The van der Waals surface area contributed by atoms with E-state index < -0.39 is 0 Å². The molecule has 0 amide bonds. The van der Waals surface area contributed by atoms with Gasteiger partial charge in [0, 0.05) is 19.0 Å². The second-order valence-corrected chi connectivity index (χ2v) is 2.62. The van der Waals surface area contributed by atoms with Gasteiger partial charge in [0.2, 0.25) is 0 Å². The standard InChI is InChI=1S/C7H11NO/c1-2-6-4-8-5-7(6)9-3-1/h1-2,6-8H,3-5H2/t6-,7-/m0/s1. The van der Waals surface area contributed by atoms with Crippen LogP contribution in [-0.2, 0) is 4.74 Å². The predicted molar refractivity (Wildman–Crippen MR) is 35.2 cm³/mol. The van der Waals surface area contributed by atoms with Crippen LogP contribution in [0.4, 0.5) is 0 Å². The van der Waals surface area contributed by atoms with Gasteiger partial charge in [0.1, 0.15) is 0 Å². The molecule has 2 nitrogen and oxygen atoms in total. The minimum atomic E-state index is 0.468. The van der Waals surface area contributed by atoms with E-state index in [4.69, 9.17) is 4.74 Å². The Morgan fingerprint density at radius 2 is 2.44 bits per heavy atom. The zero-order chi connectivity index (χ0) is 6.10. The maximum absolute atomic E-state index is 5.45. The van der Waals surface area contributed by atoms with Crippen LogP contribution in [-0.4, -0.2) is 25.8 Å². The maximum atomic E-state index is 5.45. The Bertz CT molecular complexity index is 133. The van der Waals surface area contributed by atoms with Gasteiger partial charge in [0.25, 0.3) is 0 Å². The minimum Gasteiger partial charge on any atom is -0.372 e. The van der Waals surface area contributed by atoms with Crippen LogP contribution in [0.5, 0.6) is 0 Å². The molecular formula is C7H11NO. The molecule has 1 fully saturated rings. The number of nitrogens with one attached hydrogen (secondary N) is 1. The van der Waals surface area contributed by atoms with Crippen molar-refractivity contribution < 1.29 is 4.74 Å². The predicted octanol–water partition coefficient (Wildman–Crippen LogP) is 0.161. The maximum Gasteiger partial charge on any atom is 0.0778 e.